The summed E-state index contributed by atoms with van der Waals surface area (Å²) in [7, 11) is 1.76. The minimum Gasteiger partial charge on any atom is -0.383 e. The van der Waals surface area contributed by atoms with E-state index >= 15 is 0 Å². The first-order valence-corrected chi connectivity index (χ1v) is 6.80. The SMILES string of the molecule is COCCNCCN(CC1CC1)CC1CC1. The zero-order valence-corrected chi connectivity index (χ0v) is 10.6. The number of nitrogens with one attached hydrogen (secondary N) is 1. The molecule has 0 aromatic heterocycles. The van der Waals surface area contributed by atoms with Crippen LogP contribution in [0.2, 0.25) is 0 Å². The van der Waals surface area contributed by atoms with Gasteiger partial charge in [-0.15, -0.1) is 0 Å². The maximum atomic E-state index is 5.02. The molecule has 0 amide bonds. The molecule has 2 rings (SSSR count). The van der Waals surface area contributed by atoms with Gasteiger partial charge in [-0.25, -0.2) is 0 Å². The maximum absolute atomic E-state index is 5.02. The molecule has 16 heavy (non-hydrogen) atoms. The average Bonchev–Trinajstić information content (AvgIpc) is 3.12. The van der Waals surface area contributed by atoms with Crippen molar-refractivity contribution in [3.05, 3.63) is 0 Å². The smallest absolute Gasteiger partial charge is 0.0587 e. The lowest BCUT2D eigenvalue weighted by molar-refractivity contribution is 0.195. The number of hydrogen-bond acceptors (Lipinski definition) is 3. The summed E-state index contributed by atoms with van der Waals surface area (Å²) >= 11 is 0. The molecule has 0 heterocycles. The van der Waals surface area contributed by atoms with Gasteiger partial charge in [0.1, 0.15) is 0 Å². The molecule has 2 aliphatic rings. The highest BCUT2D eigenvalue weighted by molar-refractivity contribution is 4.82. The van der Waals surface area contributed by atoms with Crippen molar-refractivity contribution in [3.63, 3.8) is 0 Å². The molecular weight excluding hydrogens is 200 g/mol. The quantitative estimate of drug-likeness (QED) is 0.569. The summed E-state index contributed by atoms with van der Waals surface area (Å²) in [6.07, 6.45) is 5.88. The Labute approximate surface area is 99.5 Å². The van der Waals surface area contributed by atoms with Crippen LogP contribution in [0.5, 0.6) is 0 Å². The van der Waals surface area contributed by atoms with E-state index in [-0.39, 0.29) is 0 Å². The van der Waals surface area contributed by atoms with Gasteiger partial charge in [-0.1, -0.05) is 0 Å². The molecule has 94 valence electrons. The molecule has 0 spiro atoms. The van der Waals surface area contributed by atoms with Crippen LogP contribution in [0.1, 0.15) is 25.7 Å². The first-order chi connectivity index (χ1) is 7.88. The van der Waals surface area contributed by atoms with E-state index in [0.29, 0.717) is 0 Å². The Morgan fingerprint density at radius 3 is 2.19 bits per heavy atom. The van der Waals surface area contributed by atoms with Gasteiger partial charge in [0.2, 0.25) is 0 Å². The van der Waals surface area contributed by atoms with Crippen molar-refractivity contribution in [1.29, 1.82) is 0 Å². The van der Waals surface area contributed by atoms with Crippen molar-refractivity contribution in [3.8, 4) is 0 Å². The molecule has 0 saturated heterocycles. The van der Waals surface area contributed by atoms with Crippen molar-refractivity contribution in [2.24, 2.45) is 11.8 Å². The second-order valence-corrected chi connectivity index (χ2v) is 5.39. The van der Waals surface area contributed by atoms with Crippen LogP contribution in [0, 0.1) is 11.8 Å². The summed E-state index contributed by atoms with van der Waals surface area (Å²) in [5, 5.41) is 3.44. The third-order valence-electron chi connectivity index (χ3n) is 3.51. The first-order valence-electron chi connectivity index (χ1n) is 6.80. The average molecular weight is 226 g/mol. The maximum Gasteiger partial charge on any atom is 0.0587 e. The van der Waals surface area contributed by atoms with Crippen molar-refractivity contribution < 1.29 is 4.74 Å². The highest BCUT2D eigenvalue weighted by atomic mass is 16.5. The van der Waals surface area contributed by atoms with E-state index < -0.39 is 0 Å². The van der Waals surface area contributed by atoms with Gasteiger partial charge in [0.05, 0.1) is 6.61 Å². The van der Waals surface area contributed by atoms with Crippen LogP contribution >= 0.6 is 0 Å². The molecule has 2 aliphatic carbocycles. The number of methoxy groups -OCH3 is 1. The highest BCUT2D eigenvalue weighted by Gasteiger charge is 2.28. The fourth-order valence-corrected chi connectivity index (χ4v) is 2.12. The van der Waals surface area contributed by atoms with Crippen LogP contribution in [0.15, 0.2) is 0 Å². The van der Waals surface area contributed by atoms with E-state index in [1.54, 1.807) is 7.11 Å². The summed E-state index contributed by atoms with van der Waals surface area (Å²) in [6, 6.07) is 0. The lowest BCUT2D eigenvalue weighted by Gasteiger charge is -2.22. The Morgan fingerprint density at radius 1 is 1.06 bits per heavy atom. The number of rotatable bonds is 10. The molecule has 2 saturated carbocycles. The number of nitrogens with zero attached hydrogens (tertiary/aromatic N) is 1. The molecule has 3 nitrogen and oxygen atoms in total. The van der Waals surface area contributed by atoms with E-state index in [1.165, 1.54) is 45.3 Å². The topological polar surface area (TPSA) is 24.5 Å². The third kappa shape index (κ3) is 5.28. The molecular formula is C13H26N2O. The molecule has 0 aliphatic heterocycles. The first kappa shape index (κ1) is 12.3. The van der Waals surface area contributed by atoms with Crippen molar-refractivity contribution >= 4 is 0 Å². The zero-order valence-electron chi connectivity index (χ0n) is 10.6. The Hall–Kier alpha value is -0.120. The van der Waals surface area contributed by atoms with E-state index in [9.17, 15) is 0 Å². The summed E-state index contributed by atoms with van der Waals surface area (Å²) in [5.41, 5.74) is 0. The predicted molar refractivity (Wildman–Crippen MR) is 66.6 cm³/mol. The Kier molecular flexibility index (Phi) is 5.07. The van der Waals surface area contributed by atoms with Gasteiger partial charge in [0.15, 0.2) is 0 Å². The fourth-order valence-electron chi connectivity index (χ4n) is 2.12. The van der Waals surface area contributed by atoms with E-state index in [2.05, 4.69) is 10.2 Å². The van der Waals surface area contributed by atoms with Crippen LogP contribution in [-0.4, -0.2) is 51.3 Å². The molecule has 0 radical (unpaired) electrons. The fraction of sp³-hybridized carbons (Fsp3) is 1.00. The molecule has 0 atom stereocenters. The molecule has 0 aromatic rings. The van der Waals surface area contributed by atoms with Gasteiger partial charge in [-0.05, 0) is 37.5 Å². The van der Waals surface area contributed by atoms with E-state index in [0.717, 1.165) is 31.5 Å². The molecule has 0 bridgehead atoms. The highest BCUT2D eigenvalue weighted by Crippen LogP contribution is 2.33. The van der Waals surface area contributed by atoms with Gasteiger partial charge < -0.3 is 15.0 Å². The Balaban J connectivity index is 1.53. The third-order valence-corrected chi connectivity index (χ3v) is 3.51. The minimum absolute atomic E-state index is 0.825. The minimum atomic E-state index is 0.825. The van der Waals surface area contributed by atoms with Crippen molar-refractivity contribution in [2.75, 3.05) is 46.4 Å². The summed E-state index contributed by atoms with van der Waals surface area (Å²) in [5.74, 6) is 2.05. The van der Waals surface area contributed by atoms with Gasteiger partial charge in [-0.3, -0.25) is 0 Å². The van der Waals surface area contributed by atoms with Crippen LogP contribution in [0.3, 0.4) is 0 Å². The zero-order chi connectivity index (χ0) is 11.2. The summed E-state index contributed by atoms with van der Waals surface area (Å²) in [4.78, 5) is 2.68. The number of hydrogen-bond donors (Lipinski definition) is 1. The Bertz CT molecular complexity index is 176. The van der Waals surface area contributed by atoms with Crippen LogP contribution in [0.25, 0.3) is 0 Å². The lowest BCUT2D eigenvalue weighted by Crippen LogP contribution is -2.36. The largest absolute Gasteiger partial charge is 0.383 e. The predicted octanol–water partition coefficient (Wildman–Crippen LogP) is 1.34. The Morgan fingerprint density at radius 2 is 1.69 bits per heavy atom. The molecule has 3 heteroatoms. The van der Waals surface area contributed by atoms with Gasteiger partial charge >= 0.3 is 0 Å². The standard InChI is InChI=1S/C13H26N2O/c1-16-9-7-14-6-8-15(10-12-2-3-12)11-13-4-5-13/h12-14H,2-11H2,1H3. The van der Waals surface area contributed by atoms with Gasteiger partial charge in [-0.2, -0.15) is 0 Å². The molecule has 2 fully saturated rings. The molecule has 0 unspecified atom stereocenters. The normalized spacial score (nSPS) is 20.6. The van der Waals surface area contributed by atoms with E-state index in [1.807, 2.05) is 0 Å². The second-order valence-electron chi connectivity index (χ2n) is 5.39. The van der Waals surface area contributed by atoms with Gasteiger partial charge in [0.25, 0.3) is 0 Å². The van der Waals surface area contributed by atoms with Crippen molar-refractivity contribution in [2.45, 2.75) is 25.7 Å². The van der Waals surface area contributed by atoms with Crippen LogP contribution < -0.4 is 5.32 Å². The van der Waals surface area contributed by atoms with E-state index in [4.69, 9.17) is 4.74 Å². The van der Waals surface area contributed by atoms with Crippen molar-refractivity contribution in [1.82, 2.24) is 10.2 Å². The summed E-state index contributed by atoms with van der Waals surface area (Å²) in [6.45, 7) is 6.84. The molecule has 1 N–H and O–H groups in total. The lowest BCUT2D eigenvalue weighted by atomic mass is 10.3. The van der Waals surface area contributed by atoms with Crippen LogP contribution in [0.4, 0.5) is 0 Å². The van der Waals surface area contributed by atoms with Gasteiger partial charge in [0, 0.05) is 39.8 Å². The molecule has 0 aromatic carbocycles. The summed E-state index contributed by atoms with van der Waals surface area (Å²) < 4.78 is 5.02. The van der Waals surface area contributed by atoms with Crippen LogP contribution in [-0.2, 0) is 4.74 Å². The number of ether oxygens (including phenoxy) is 1. The second kappa shape index (κ2) is 6.58. The monoisotopic (exact) mass is 226 g/mol.